The quantitative estimate of drug-likeness (QED) is 0.738. The fourth-order valence-electron chi connectivity index (χ4n) is 1.93. The first-order valence-electron chi connectivity index (χ1n) is 5.51. The Morgan fingerprint density at radius 1 is 1.10 bits per heavy atom. The molecule has 8 heteroatoms. The average Bonchev–Trinajstić information content (AvgIpc) is 2.89. The van der Waals surface area contributed by atoms with Gasteiger partial charge in [0.05, 0.1) is 0 Å². The van der Waals surface area contributed by atoms with Crippen LogP contribution in [0, 0.1) is 5.82 Å². The van der Waals surface area contributed by atoms with Crippen LogP contribution in [0.4, 0.5) is 4.39 Å². The number of H-pyrrole nitrogens is 1. The van der Waals surface area contributed by atoms with Crippen LogP contribution >= 0.6 is 10.7 Å². The topological polar surface area (TPSA) is 75.7 Å². The first kappa shape index (κ1) is 13.0. The minimum absolute atomic E-state index is 0.139. The number of hydrogen-bond acceptors (Lipinski definition) is 4. The molecule has 0 bridgehead atoms. The van der Waals surface area contributed by atoms with E-state index in [4.69, 9.17) is 10.7 Å². The fraction of sp³-hybridized carbons (Fsp3) is 0. The average molecular weight is 312 g/mol. The Balaban J connectivity index is 2.25. The van der Waals surface area contributed by atoms with E-state index in [-0.39, 0.29) is 11.6 Å². The van der Waals surface area contributed by atoms with E-state index in [1.165, 1.54) is 12.1 Å². The van der Waals surface area contributed by atoms with Crippen LogP contribution in [0.1, 0.15) is 0 Å². The van der Waals surface area contributed by atoms with Crippen molar-refractivity contribution in [3.63, 3.8) is 0 Å². The smallest absolute Gasteiger partial charge is 0.248 e. The maximum atomic E-state index is 13.7. The number of fused-ring (bicyclic) bond motifs is 1. The third-order valence-corrected chi connectivity index (χ3v) is 3.89. The van der Waals surface area contributed by atoms with E-state index in [0.717, 1.165) is 0 Å². The monoisotopic (exact) mass is 311 g/mol. The number of aromatic nitrogens is 3. The van der Waals surface area contributed by atoms with E-state index in [1.54, 1.807) is 24.3 Å². The molecule has 0 aliphatic heterocycles. The molecular weight excluding hydrogens is 305 g/mol. The van der Waals surface area contributed by atoms with Crippen LogP contribution in [-0.4, -0.2) is 23.6 Å². The summed E-state index contributed by atoms with van der Waals surface area (Å²) in [5.41, 5.74) is 0.518. The van der Waals surface area contributed by atoms with Crippen molar-refractivity contribution in [2.75, 3.05) is 0 Å². The van der Waals surface area contributed by atoms with Crippen molar-refractivity contribution < 1.29 is 12.8 Å². The highest BCUT2D eigenvalue weighted by atomic mass is 35.7. The second kappa shape index (κ2) is 4.53. The molecule has 0 aliphatic carbocycles. The number of nitrogens with zero attached hydrogens (tertiary/aromatic N) is 2. The molecule has 0 amide bonds. The van der Waals surface area contributed by atoms with Crippen molar-refractivity contribution in [1.29, 1.82) is 0 Å². The third kappa shape index (κ3) is 2.14. The van der Waals surface area contributed by atoms with E-state index in [1.807, 2.05) is 0 Å². The number of hydrogen-bond donors (Lipinski definition) is 1. The van der Waals surface area contributed by atoms with E-state index in [2.05, 4.69) is 15.2 Å². The molecule has 5 nitrogen and oxygen atoms in total. The Kier molecular flexibility index (Phi) is 2.95. The van der Waals surface area contributed by atoms with Gasteiger partial charge in [0.1, 0.15) is 5.82 Å². The number of halogens is 2. The molecule has 0 spiro atoms. The van der Waals surface area contributed by atoms with E-state index >= 15 is 0 Å². The predicted octanol–water partition coefficient (Wildman–Crippen LogP) is 2.69. The summed E-state index contributed by atoms with van der Waals surface area (Å²) in [6, 6.07) is 9.56. The maximum absolute atomic E-state index is 13.7. The Labute approximate surface area is 117 Å². The molecule has 1 aromatic heterocycles. The summed E-state index contributed by atoms with van der Waals surface area (Å²) in [6.07, 6.45) is 0. The fourth-order valence-corrected chi connectivity index (χ4v) is 2.49. The van der Waals surface area contributed by atoms with Gasteiger partial charge >= 0.3 is 0 Å². The van der Waals surface area contributed by atoms with Crippen molar-refractivity contribution >= 4 is 30.5 Å². The van der Waals surface area contributed by atoms with Crippen LogP contribution in [0.25, 0.3) is 22.2 Å². The normalized spacial score (nSPS) is 11.9. The van der Waals surface area contributed by atoms with Crippen molar-refractivity contribution in [2.45, 2.75) is 5.16 Å². The minimum atomic E-state index is -3.98. The van der Waals surface area contributed by atoms with Gasteiger partial charge in [0.15, 0.2) is 5.82 Å². The molecule has 0 saturated carbocycles. The molecule has 0 aliphatic rings. The molecular formula is C12H7ClFN3O2S. The van der Waals surface area contributed by atoms with Crippen LogP contribution in [0.3, 0.4) is 0 Å². The summed E-state index contributed by atoms with van der Waals surface area (Å²) in [4.78, 5) is 3.82. The molecule has 0 radical (unpaired) electrons. The van der Waals surface area contributed by atoms with Crippen molar-refractivity contribution in [3.05, 3.63) is 42.2 Å². The zero-order valence-electron chi connectivity index (χ0n) is 9.84. The van der Waals surface area contributed by atoms with Gasteiger partial charge in [0.2, 0.25) is 0 Å². The summed E-state index contributed by atoms with van der Waals surface area (Å²) in [7, 11) is 1.20. The third-order valence-electron chi connectivity index (χ3n) is 2.81. The summed E-state index contributed by atoms with van der Waals surface area (Å²) < 4.78 is 36.0. The lowest BCUT2D eigenvalue weighted by Gasteiger charge is -2.03. The number of aromatic amines is 1. The highest BCUT2D eigenvalue weighted by molar-refractivity contribution is 8.13. The highest BCUT2D eigenvalue weighted by Crippen LogP contribution is 2.28. The lowest BCUT2D eigenvalue weighted by molar-refractivity contribution is 0.602. The zero-order chi connectivity index (χ0) is 14.3. The molecule has 0 fully saturated rings. The first-order chi connectivity index (χ1) is 9.47. The second-order valence-electron chi connectivity index (χ2n) is 4.04. The summed E-state index contributed by atoms with van der Waals surface area (Å²) in [5, 5.41) is 6.61. The minimum Gasteiger partial charge on any atom is -0.248 e. The van der Waals surface area contributed by atoms with Crippen LogP contribution in [0.5, 0.6) is 0 Å². The van der Waals surface area contributed by atoms with E-state index in [9.17, 15) is 12.8 Å². The van der Waals surface area contributed by atoms with Crippen LogP contribution in [0.15, 0.2) is 41.6 Å². The molecule has 3 aromatic rings. The molecule has 0 saturated heterocycles. The lowest BCUT2D eigenvalue weighted by Crippen LogP contribution is -1.93. The largest absolute Gasteiger partial charge is 0.296 e. The van der Waals surface area contributed by atoms with Gasteiger partial charge in [-0.05, 0) is 17.5 Å². The van der Waals surface area contributed by atoms with E-state index < -0.39 is 14.2 Å². The Bertz CT molecular complexity index is 908. The lowest BCUT2D eigenvalue weighted by atomic mass is 10.0. The molecule has 2 aromatic carbocycles. The van der Waals surface area contributed by atoms with Crippen LogP contribution in [0.2, 0.25) is 0 Å². The molecule has 3 rings (SSSR count). The van der Waals surface area contributed by atoms with Crippen LogP contribution in [-0.2, 0) is 9.05 Å². The Morgan fingerprint density at radius 2 is 1.80 bits per heavy atom. The van der Waals surface area contributed by atoms with Gasteiger partial charge in [-0.15, -0.1) is 0 Å². The maximum Gasteiger partial charge on any atom is 0.296 e. The van der Waals surface area contributed by atoms with Crippen LogP contribution < -0.4 is 0 Å². The molecule has 1 heterocycles. The Hall–Kier alpha value is -1.99. The van der Waals surface area contributed by atoms with Gasteiger partial charge in [0, 0.05) is 21.6 Å². The molecule has 0 unspecified atom stereocenters. The molecule has 0 atom stereocenters. The van der Waals surface area contributed by atoms with E-state index in [0.29, 0.717) is 16.3 Å². The Morgan fingerprint density at radius 3 is 2.45 bits per heavy atom. The summed E-state index contributed by atoms with van der Waals surface area (Å²) in [5.74, 6) is -0.231. The highest BCUT2D eigenvalue weighted by Gasteiger charge is 2.18. The predicted molar refractivity (Wildman–Crippen MR) is 72.3 cm³/mol. The second-order valence-corrected chi connectivity index (χ2v) is 6.52. The summed E-state index contributed by atoms with van der Waals surface area (Å²) >= 11 is 0. The first-order valence-corrected chi connectivity index (χ1v) is 7.82. The van der Waals surface area contributed by atoms with Crippen molar-refractivity contribution in [1.82, 2.24) is 15.2 Å². The molecule has 20 heavy (non-hydrogen) atoms. The van der Waals surface area contributed by atoms with Gasteiger partial charge in [-0.1, -0.05) is 24.3 Å². The molecule has 102 valence electrons. The van der Waals surface area contributed by atoms with Crippen molar-refractivity contribution in [2.24, 2.45) is 0 Å². The SMILES string of the molecule is O=S(=O)(Cl)c1nc(-c2ccc(F)c3ccccc23)n[nH]1. The number of nitrogens with one attached hydrogen (secondary N) is 1. The molecule has 1 N–H and O–H groups in total. The summed E-state index contributed by atoms with van der Waals surface area (Å²) in [6.45, 7) is 0. The van der Waals surface area contributed by atoms with Gasteiger partial charge in [-0.2, -0.15) is 10.1 Å². The number of benzene rings is 2. The number of rotatable bonds is 2. The standard InChI is InChI=1S/C12H7ClFN3O2S/c13-20(18,19)12-15-11(16-17-12)9-5-6-10(14)8-4-2-1-3-7(8)9/h1-6H,(H,15,16,17). The van der Waals surface area contributed by atoms with Crippen molar-refractivity contribution in [3.8, 4) is 11.4 Å². The zero-order valence-corrected chi connectivity index (χ0v) is 11.4. The van der Waals surface area contributed by atoms with Gasteiger partial charge in [0.25, 0.3) is 14.2 Å². The van der Waals surface area contributed by atoms with Gasteiger partial charge < -0.3 is 0 Å². The van der Waals surface area contributed by atoms with Gasteiger partial charge in [-0.3, -0.25) is 0 Å². The van der Waals surface area contributed by atoms with Gasteiger partial charge in [-0.25, -0.2) is 17.9 Å².